The van der Waals surface area contributed by atoms with Gasteiger partial charge in [-0.25, -0.2) is 14.5 Å². The summed E-state index contributed by atoms with van der Waals surface area (Å²) in [6.07, 6.45) is -3.60. The molecule has 2 N–H and O–H groups in total. The lowest BCUT2D eigenvalue weighted by Gasteiger charge is -2.43. The Morgan fingerprint density at radius 1 is 1.22 bits per heavy atom. The molecule has 11 heteroatoms. The summed E-state index contributed by atoms with van der Waals surface area (Å²) in [6.45, 7) is 1.56. The fourth-order valence-electron chi connectivity index (χ4n) is 3.75. The van der Waals surface area contributed by atoms with Crippen LogP contribution in [0.2, 0.25) is 0 Å². The molecule has 0 radical (unpaired) electrons. The number of carboxylic acids is 1. The summed E-state index contributed by atoms with van der Waals surface area (Å²) in [7, 11) is 0. The van der Waals surface area contributed by atoms with Crippen LogP contribution in [0.15, 0.2) is 46.9 Å². The van der Waals surface area contributed by atoms with Crippen LogP contribution < -0.4 is 14.8 Å². The molecular formula is C21H17BrF2N2O6. The van der Waals surface area contributed by atoms with Crippen molar-refractivity contribution < 1.29 is 37.7 Å². The lowest BCUT2D eigenvalue weighted by molar-refractivity contribution is -0.286. The minimum Gasteiger partial charge on any atom is -0.480 e. The highest BCUT2D eigenvalue weighted by molar-refractivity contribution is 9.10. The number of ether oxygens (including phenoxy) is 2. The molecule has 168 valence electrons. The number of imide groups is 1. The monoisotopic (exact) mass is 510 g/mol. The Morgan fingerprint density at radius 3 is 2.62 bits per heavy atom. The van der Waals surface area contributed by atoms with Crippen molar-refractivity contribution in [3.05, 3.63) is 58.1 Å². The quantitative estimate of drug-likeness (QED) is 0.594. The molecular weight excluding hydrogens is 494 g/mol. The predicted octanol–water partition coefficient (Wildman–Crippen LogP) is 3.70. The number of carboxylic acid groups (broad SMARTS) is 1. The van der Waals surface area contributed by atoms with E-state index >= 15 is 0 Å². The zero-order chi connectivity index (χ0) is 23.2. The van der Waals surface area contributed by atoms with Crippen molar-refractivity contribution >= 4 is 33.8 Å². The third-order valence-electron chi connectivity index (χ3n) is 5.30. The van der Waals surface area contributed by atoms with Crippen molar-refractivity contribution in [3.8, 4) is 11.5 Å². The summed E-state index contributed by atoms with van der Waals surface area (Å²) in [4.78, 5) is 37.7. The molecule has 1 fully saturated rings. The first-order valence-electron chi connectivity index (χ1n) is 9.56. The van der Waals surface area contributed by atoms with Gasteiger partial charge in [0.2, 0.25) is 5.91 Å². The lowest BCUT2D eigenvalue weighted by atomic mass is 9.82. The van der Waals surface area contributed by atoms with E-state index in [1.807, 2.05) is 0 Å². The second-order valence-corrected chi connectivity index (χ2v) is 8.39. The molecule has 3 amide bonds. The zero-order valence-electron chi connectivity index (χ0n) is 16.6. The summed E-state index contributed by atoms with van der Waals surface area (Å²) in [6, 6.07) is 8.21. The second-order valence-electron chi connectivity index (χ2n) is 7.48. The van der Waals surface area contributed by atoms with E-state index in [0.29, 0.717) is 10.5 Å². The maximum Gasteiger partial charge on any atom is 0.586 e. The third-order valence-corrected chi connectivity index (χ3v) is 5.79. The Bertz CT molecular complexity index is 1110. The number of hydrogen-bond donors (Lipinski definition) is 2. The zero-order valence-corrected chi connectivity index (χ0v) is 18.1. The number of carbonyl (C=O) groups is 3. The van der Waals surface area contributed by atoms with Crippen molar-refractivity contribution in [3.63, 3.8) is 0 Å². The molecule has 0 spiro atoms. The van der Waals surface area contributed by atoms with E-state index < -0.39 is 42.2 Å². The predicted molar refractivity (Wildman–Crippen MR) is 109 cm³/mol. The Kier molecular flexibility index (Phi) is 5.53. The first kappa shape index (κ1) is 22.0. The van der Waals surface area contributed by atoms with E-state index in [-0.39, 0.29) is 17.9 Å². The average molecular weight is 511 g/mol. The van der Waals surface area contributed by atoms with Gasteiger partial charge in [-0.3, -0.25) is 4.79 Å². The normalized spacial score (nSPS) is 21.6. The second kappa shape index (κ2) is 8.05. The van der Waals surface area contributed by atoms with Gasteiger partial charge in [0.05, 0.1) is 12.0 Å². The fourth-order valence-corrected chi connectivity index (χ4v) is 4.19. The summed E-state index contributed by atoms with van der Waals surface area (Å²) >= 11 is 3.33. The number of benzene rings is 2. The van der Waals surface area contributed by atoms with Crippen molar-refractivity contribution in [1.29, 1.82) is 0 Å². The van der Waals surface area contributed by atoms with Crippen LogP contribution in [0.1, 0.15) is 24.1 Å². The summed E-state index contributed by atoms with van der Waals surface area (Å²) < 4.78 is 35.9. The van der Waals surface area contributed by atoms with Gasteiger partial charge in [0, 0.05) is 4.47 Å². The van der Waals surface area contributed by atoms with Crippen LogP contribution in [-0.4, -0.2) is 40.3 Å². The number of aliphatic carboxylic acids is 1. The highest BCUT2D eigenvalue weighted by Crippen LogP contribution is 2.42. The molecule has 32 heavy (non-hydrogen) atoms. The van der Waals surface area contributed by atoms with Gasteiger partial charge in [0.15, 0.2) is 17.5 Å². The number of hydrogen-bond acceptors (Lipinski definition) is 5. The minimum atomic E-state index is -3.77. The van der Waals surface area contributed by atoms with Gasteiger partial charge in [-0.05, 0) is 48.7 Å². The number of β-lactam (4-membered cyclic amide) rings is 1. The van der Waals surface area contributed by atoms with Gasteiger partial charge >= 0.3 is 18.3 Å². The SMILES string of the molecule is CC(NC(=O)N1C(=O)C(Cc2cccc(Br)c2)C1C(=O)O)c1ccc2c(c1)OC(F)(F)O2. The van der Waals surface area contributed by atoms with Gasteiger partial charge in [-0.15, -0.1) is 8.78 Å². The Morgan fingerprint density at radius 2 is 1.94 bits per heavy atom. The number of likely N-dealkylation sites (tertiary alicyclic amines) is 1. The number of nitrogens with one attached hydrogen (secondary N) is 1. The largest absolute Gasteiger partial charge is 0.586 e. The summed E-state index contributed by atoms with van der Waals surface area (Å²) in [5.41, 5.74) is 1.17. The van der Waals surface area contributed by atoms with E-state index in [4.69, 9.17) is 0 Å². The third kappa shape index (κ3) is 4.12. The van der Waals surface area contributed by atoms with Crippen LogP contribution in [0.4, 0.5) is 13.6 Å². The fraction of sp³-hybridized carbons (Fsp3) is 0.286. The Labute approximate surface area is 189 Å². The van der Waals surface area contributed by atoms with Crippen molar-refractivity contribution in [2.24, 2.45) is 5.92 Å². The molecule has 0 aromatic heterocycles. The van der Waals surface area contributed by atoms with Crippen molar-refractivity contribution in [2.75, 3.05) is 0 Å². The number of urea groups is 1. The van der Waals surface area contributed by atoms with Gasteiger partial charge in [0.1, 0.15) is 0 Å². The molecule has 4 rings (SSSR count). The molecule has 2 heterocycles. The molecule has 3 unspecified atom stereocenters. The standard InChI is InChI=1S/C21H17BrF2N2O6/c1-10(12-5-6-15-16(9-12)32-21(23,24)31-15)25-20(30)26-17(19(28)29)14(18(26)27)8-11-3-2-4-13(22)7-11/h2-7,9-10,14,17H,8H2,1H3,(H,25,30)(H,28,29). The number of amides is 3. The van der Waals surface area contributed by atoms with Crippen LogP contribution >= 0.6 is 15.9 Å². The van der Waals surface area contributed by atoms with E-state index in [1.165, 1.54) is 18.2 Å². The summed E-state index contributed by atoms with van der Waals surface area (Å²) in [5.74, 6) is -3.11. The van der Waals surface area contributed by atoms with Gasteiger partial charge in [-0.2, -0.15) is 0 Å². The van der Waals surface area contributed by atoms with Crippen molar-refractivity contribution in [2.45, 2.75) is 31.7 Å². The molecule has 2 aliphatic rings. The van der Waals surface area contributed by atoms with Crippen LogP contribution in [0.3, 0.4) is 0 Å². The molecule has 0 aliphatic carbocycles. The van der Waals surface area contributed by atoms with Gasteiger partial charge < -0.3 is 19.9 Å². The molecule has 8 nitrogen and oxygen atoms in total. The van der Waals surface area contributed by atoms with E-state index in [9.17, 15) is 28.3 Å². The van der Waals surface area contributed by atoms with Crippen molar-refractivity contribution in [1.82, 2.24) is 10.2 Å². The molecule has 3 atom stereocenters. The van der Waals surface area contributed by atoms with Gasteiger partial charge in [0.25, 0.3) is 0 Å². The topological polar surface area (TPSA) is 105 Å². The Balaban J connectivity index is 1.45. The van der Waals surface area contributed by atoms with Crippen LogP contribution in [-0.2, 0) is 16.0 Å². The molecule has 1 saturated heterocycles. The first-order valence-corrected chi connectivity index (χ1v) is 10.4. The highest BCUT2D eigenvalue weighted by atomic mass is 79.9. The minimum absolute atomic E-state index is 0.142. The van der Waals surface area contributed by atoms with Gasteiger partial charge in [-0.1, -0.05) is 34.1 Å². The number of rotatable bonds is 5. The van der Waals surface area contributed by atoms with Crippen LogP contribution in [0, 0.1) is 5.92 Å². The molecule has 2 aromatic rings. The number of nitrogens with zero attached hydrogens (tertiary/aromatic N) is 1. The lowest BCUT2D eigenvalue weighted by Crippen LogP contribution is -2.68. The molecule has 2 aromatic carbocycles. The summed E-state index contributed by atoms with van der Waals surface area (Å²) in [5, 5.41) is 12.1. The van der Waals surface area contributed by atoms with Crippen LogP contribution in [0.25, 0.3) is 0 Å². The van der Waals surface area contributed by atoms with Crippen LogP contribution in [0.5, 0.6) is 11.5 Å². The molecule has 2 aliphatic heterocycles. The van der Waals surface area contributed by atoms with E-state index in [2.05, 4.69) is 30.7 Å². The van der Waals surface area contributed by atoms with E-state index in [0.717, 1.165) is 10.0 Å². The number of carbonyl (C=O) groups excluding carboxylic acids is 2. The Hall–Kier alpha value is -3.21. The number of fused-ring (bicyclic) bond motifs is 1. The number of alkyl halides is 2. The smallest absolute Gasteiger partial charge is 0.480 e. The number of halogens is 3. The van der Waals surface area contributed by atoms with E-state index in [1.54, 1.807) is 31.2 Å². The molecule has 0 bridgehead atoms. The molecule has 0 saturated carbocycles. The maximum absolute atomic E-state index is 13.2. The maximum atomic E-state index is 13.2. The highest BCUT2D eigenvalue weighted by Gasteiger charge is 2.54. The first-order chi connectivity index (χ1) is 15.1. The average Bonchev–Trinajstić information content (AvgIpc) is 3.02.